The molecule has 2 aromatic heterocycles. The third-order valence-electron chi connectivity index (χ3n) is 5.22. The number of hydrogen-bond acceptors (Lipinski definition) is 8. The number of nitriles is 1. The predicted molar refractivity (Wildman–Crippen MR) is 118 cm³/mol. The van der Waals surface area contributed by atoms with E-state index in [0.717, 1.165) is 0 Å². The van der Waals surface area contributed by atoms with Crippen LogP contribution in [0.25, 0.3) is 11.1 Å². The van der Waals surface area contributed by atoms with Crippen molar-refractivity contribution in [2.45, 2.75) is 13.0 Å². The molecule has 0 aliphatic carbocycles. The second-order valence-corrected chi connectivity index (χ2v) is 7.26. The number of anilines is 2. The number of ether oxygens (including phenoxy) is 1. The van der Waals surface area contributed by atoms with Gasteiger partial charge in [-0.3, -0.25) is 4.68 Å². The standard InChI is InChI=1S/C22H17FN8O/c1-12-15-9-14(23)5-6-16(15)31-19(4-3-7-27-31)28-22-20(17(10-24)30(2)29-22)13-8-18(32-12)21(25)26-11-13/h3-9,11-12H,1-2H3,(H2,25,26)/t12-/m1/s1. The minimum atomic E-state index is -0.592. The van der Waals surface area contributed by atoms with Crippen molar-refractivity contribution in [1.82, 2.24) is 14.8 Å². The SMILES string of the molecule is C[C@H]1Oc2cc(cnc2N)-c2c(nn(C)c2C#N)N=C2C=CC=NN2c2ccc(F)cc21. The fourth-order valence-corrected chi connectivity index (χ4v) is 3.71. The molecule has 2 bridgehead atoms. The van der Waals surface area contributed by atoms with Crippen LogP contribution in [0.5, 0.6) is 5.75 Å². The van der Waals surface area contributed by atoms with Gasteiger partial charge < -0.3 is 10.5 Å². The van der Waals surface area contributed by atoms with Crippen LogP contribution in [-0.4, -0.2) is 26.8 Å². The van der Waals surface area contributed by atoms with Gasteiger partial charge >= 0.3 is 0 Å². The number of rotatable bonds is 0. The van der Waals surface area contributed by atoms with Crippen LogP contribution in [0.15, 0.2) is 52.7 Å². The van der Waals surface area contributed by atoms with E-state index in [4.69, 9.17) is 15.5 Å². The molecule has 2 N–H and O–H groups in total. The Balaban J connectivity index is 1.85. The monoisotopic (exact) mass is 428 g/mol. The molecule has 158 valence electrons. The summed E-state index contributed by atoms with van der Waals surface area (Å²) in [6.07, 6.45) is 6.05. The lowest BCUT2D eigenvalue weighted by molar-refractivity contribution is 0.227. The number of nitrogens with zero attached hydrogens (tertiary/aromatic N) is 7. The van der Waals surface area contributed by atoms with Gasteiger partial charge in [0.05, 0.1) is 11.3 Å². The number of aliphatic imine (C=N–C) groups is 1. The normalized spacial score (nSPS) is 16.5. The van der Waals surface area contributed by atoms with E-state index < -0.39 is 11.9 Å². The summed E-state index contributed by atoms with van der Waals surface area (Å²) in [4.78, 5) is 8.95. The lowest BCUT2D eigenvalue weighted by Gasteiger charge is -2.26. The van der Waals surface area contributed by atoms with Crippen LogP contribution >= 0.6 is 0 Å². The average molecular weight is 428 g/mol. The van der Waals surface area contributed by atoms with Crippen LogP contribution in [-0.2, 0) is 7.05 Å². The van der Waals surface area contributed by atoms with Crippen LogP contribution in [0.3, 0.4) is 0 Å². The highest BCUT2D eigenvalue weighted by molar-refractivity contribution is 6.11. The molecule has 1 atom stereocenters. The van der Waals surface area contributed by atoms with Gasteiger partial charge in [0, 0.05) is 30.6 Å². The minimum absolute atomic E-state index is 0.169. The number of hydrazone groups is 1. The first-order chi connectivity index (χ1) is 15.5. The molecule has 0 unspecified atom stereocenters. The van der Waals surface area contributed by atoms with E-state index in [-0.39, 0.29) is 5.82 Å². The Morgan fingerprint density at radius 2 is 2.12 bits per heavy atom. The summed E-state index contributed by atoms with van der Waals surface area (Å²) in [5.74, 6) is 0.812. The number of halogens is 1. The first kappa shape index (κ1) is 19.4. The zero-order valence-electron chi connectivity index (χ0n) is 17.2. The number of aryl methyl sites for hydroxylation is 1. The second kappa shape index (κ2) is 7.31. The number of fused-ring (bicyclic) bond motifs is 7. The molecule has 2 aliphatic heterocycles. The molecule has 0 radical (unpaired) electrons. The first-order valence-corrected chi connectivity index (χ1v) is 9.75. The van der Waals surface area contributed by atoms with Crippen molar-refractivity contribution in [3.63, 3.8) is 0 Å². The third-order valence-corrected chi connectivity index (χ3v) is 5.22. The van der Waals surface area contributed by atoms with Gasteiger partial charge in [-0.2, -0.15) is 15.5 Å². The molecule has 5 rings (SSSR count). The molecule has 0 saturated heterocycles. The van der Waals surface area contributed by atoms with Crippen LogP contribution in [0.1, 0.15) is 24.3 Å². The Kier molecular flexibility index (Phi) is 4.44. The van der Waals surface area contributed by atoms with E-state index in [1.807, 2.05) is 0 Å². The molecule has 2 aliphatic rings. The highest BCUT2D eigenvalue weighted by Crippen LogP contribution is 2.39. The van der Waals surface area contributed by atoms with Crippen LogP contribution in [0.2, 0.25) is 0 Å². The van der Waals surface area contributed by atoms with Crippen molar-refractivity contribution in [1.29, 1.82) is 5.26 Å². The van der Waals surface area contributed by atoms with E-state index in [1.165, 1.54) is 16.8 Å². The van der Waals surface area contributed by atoms with E-state index in [2.05, 4.69) is 21.3 Å². The van der Waals surface area contributed by atoms with Crippen LogP contribution < -0.4 is 15.5 Å². The number of benzene rings is 1. The molecule has 3 aromatic rings. The Bertz CT molecular complexity index is 1380. The number of aromatic nitrogens is 3. The summed E-state index contributed by atoms with van der Waals surface area (Å²) < 4.78 is 21.8. The Hall–Kier alpha value is -4.52. The molecule has 9 nitrogen and oxygen atoms in total. The molecule has 32 heavy (non-hydrogen) atoms. The fraction of sp³-hybridized carbons (Fsp3) is 0.136. The number of pyridine rings is 1. The highest BCUT2D eigenvalue weighted by Gasteiger charge is 2.26. The molecule has 10 heteroatoms. The van der Waals surface area contributed by atoms with Gasteiger partial charge in [0.2, 0.25) is 0 Å². The maximum atomic E-state index is 14.2. The third kappa shape index (κ3) is 3.07. The van der Waals surface area contributed by atoms with Crippen LogP contribution in [0.4, 0.5) is 21.7 Å². The second-order valence-electron chi connectivity index (χ2n) is 7.26. The maximum Gasteiger partial charge on any atom is 0.185 e. The first-order valence-electron chi connectivity index (χ1n) is 9.75. The molecular formula is C22H17FN8O. The minimum Gasteiger partial charge on any atom is -0.482 e. The van der Waals surface area contributed by atoms with Gasteiger partial charge in [0.25, 0.3) is 0 Å². The smallest absolute Gasteiger partial charge is 0.185 e. The number of nitrogens with two attached hydrogens (primary N) is 1. The van der Waals surface area contributed by atoms with Crippen molar-refractivity contribution in [3.8, 4) is 22.9 Å². The van der Waals surface area contributed by atoms with Crippen LogP contribution in [0, 0.1) is 17.1 Å². The Labute approximate surface area is 182 Å². The highest BCUT2D eigenvalue weighted by atomic mass is 19.1. The zero-order chi connectivity index (χ0) is 22.4. The summed E-state index contributed by atoms with van der Waals surface area (Å²) in [5.41, 5.74) is 8.57. The van der Waals surface area contributed by atoms with Crippen molar-refractivity contribution < 1.29 is 9.13 Å². The quantitative estimate of drug-likeness (QED) is 0.584. The molecule has 1 aromatic carbocycles. The molecular weight excluding hydrogens is 411 g/mol. The summed E-state index contributed by atoms with van der Waals surface area (Å²) in [6.45, 7) is 1.78. The molecule has 4 heterocycles. The van der Waals surface area contributed by atoms with Crippen molar-refractivity contribution in [2.75, 3.05) is 10.7 Å². The lowest BCUT2D eigenvalue weighted by atomic mass is 10.1. The van der Waals surface area contributed by atoms with Gasteiger partial charge in [0.1, 0.15) is 23.7 Å². The molecule has 0 fully saturated rings. The summed E-state index contributed by atoms with van der Waals surface area (Å²) in [7, 11) is 1.67. The lowest BCUT2D eigenvalue weighted by Crippen LogP contribution is -2.27. The molecule has 0 saturated carbocycles. The van der Waals surface area contributed by atoms with Crippen molar-refractivity contribution in [3.05, 3.63) is 59.7 Å². The van der Waals surface area contributed by atoms with Gasteiger partial charge in [-0.1, -0.05) is 0 Å². The van der Waals surface area contributed by atoms with E-state index in [0.29, 0.717) is 45.5 Å². The predicted octanol–water partition coefficient (Wildman–Crippen LogP) is 3.62. The number of hydrogen-bond donors (Lipinski definition) is 1. The maximum absolute atomic E-state index is 14.2. The topological polar surface area (TPSA) is 118 Å². The number of amidine groups is 1. The summed E-state index contributed by atoms with van der Waals surface area (Å²) in [5, 5.41) is 20.2. The van der Waals surface area contributed by atoms with Crippen molar-refractivity contribution >= 4 is 29.4 Å². The van der Waals surface area contributed by atoms with E-state index in [9.17, 15) is 9.65 Å². The number of allylic oxidation sites excluding steroid dienone is 1. The largest absolute Gasteiger partial charge is 0.482 e. The van der Waals surface area contributed by atoms with Gasteiger partial charge in [-0.15, -0.1) is 0 Å². The Morgan fingerprint density at radius 3 is 2.94 bits per heavy atom. The van der Waals surface area contributed by atoms with Gasteiger partial charge in [0.15, 0.2) is 23.2 Å². The summed E-state index contributed by atoms with van der Waals surface area (Å²) in [6, 6.07) is 8.21. The molecule has 0 amide bonds. The van der Waals surface area contributed by atoms with E-state index in [1.54, 1.807) is 55.7 Å². The van der Waals surface area contributed by atoms with Crippen molar-refractivity contribution in [2.24, 2.45) is 17.1 Å². The molecule has 0 spiro atoms. The summed E-state index contributed by atoms with van der Waals surface area (Å²) >= 11 is 0. The number of nitrogen functional groups attached to an aromatic ring is 1. The Morgan fingerprint density at radius 1 is 1.28 bits per heavy atom. The van der Waals surface area contributed by atoms with Gasteiger partial charge in [-0.25, -0.2) is 19.4 Å². The van der Waals surface area contributed by atoms with Gasteiger partial charge in [-0.05, 0) is 43.3 Å². The van der Waals surface area contributed by atoms with E-state index >= 15 is 0 Å². The average Bonchev–Trinajstić information content (AvgIpc) is 3.09. The zero-order valence-corrected chi connectivity index (χ0v) is 17.2. The fourth-order valence-electron chi connectivity index (χ4n) is 3.71.